The van der Waals surface area contributed by atoms with Crippen molar-refractivity contribution in [2.75, 3.05) is 31.2 Å². The zero-order valence-electron chi connectivity index (χ0n) is 26.6. The van der Waals surface area contributed by atoms with Gasteiger partial charge in [0.1, 0.15) is 11.8 Å². The fourth-order valence-electron chi connectivity index (χ4n) is 7.61. The number of likely N-dealkylation sites (tertiary alicyclic amines) is 1. The van der Waals surface area contributed by atoms with Crippen LogP contribution >= 0.6 is 11.8 Å². The van der Waals surface area contributed by atoms with Gasteiger partial charge in [-0.3, -0.25) is 14.4 Å². The number of rotatable bonds is 14. The summed E-state index contributed by atoms with van der Waals surface area (Å²) in [4.78, 5) is 49.1. The van der Waals surface area contributed by atoms with Gasteiger partial charge in [0.15, 0.2) is 0 Å². The van der Waals surface area contributed by atoms with Crippen LogP contribution in [0.5, 0.6) is 5.75 Å². The van der Waals surface area contributed by atoms with E-state index in [0.717, 1.165) is 12.2 Å². The van der Waals surface area contributed by atoms with Gasteiger partial charge in [-0.05, 0) is 69.7 Å². The first-order valence-electron chi connectivity index (χ1n) is 15.7. The molecule has 236 valence electrons. The van der Waals surface area contributed by atoms with Crippen molar-refractivity contribution < 1.29 is 24.2 Å². The molecule has 3 unspecified atom stereocenters. The van der Waals surface area contributed by atoms with E-state index in [1.807, 2.05) is 45.0 Å². The maximum atomic E-state index is 14.7. The molecule has 9 heteroatoms. The van der Waals surface area contributed by atoms with Crippen LogP contribution in [0.25, 0.3) is 0 Å². The van der Waals surface area contributed by atoms with E-state index in [4.69, 9.17) is 4.74 Å². The number of hydrogen-bond acceptors (Lipinski definition) is 6. The predicted octanol–water partition coefficient (Wildman–Crippen LogP) is 4.77. The van der Waals surface area contributed by atoms with Crippen LogP contribution in [0.1, 0.15) is 54.4 Å². The Bertz CT molecular complexity index is 1200. The second-order valence-electron chi connectivity index (χ2n) is 12.8. The molecule has 0 saturated carbocycles. The van der Waals surface area contributed by atoms with Crippen molar-refractivity contribution in [2.24, 2.45) is 23.7 Å². The highest BCUT2D eigenvalue weighted by atomic mass is 32.2. The summed E-state index contributed by atoms with van der Waals surface area (Å²) >= 11 is 1.66. The summed E-state index contributed by atoms with van der Waals surface area (Å²) in [6.45, 7) is 20.8. The standard InChI is InChI=1S/C34H49N3O5S/c1-9-16-35(22(6)7)33(41)30-34-23(8)19-27(43-34)28(29(34)32(40)37(30)25(20-38)18-21(4)5)31(39)36(17-10-2)24-12-14-26(15-13-24)42-11-3/h9-10,12-15,21-23,25,27-30,38H,1-2,11,16-20H2,3-8H3/t23?,25-,27+,28-,29+,30?,34?/m1/s1. The van der Waals surface area contributed by atoms with Crippen LogP contribution in [0, 0.1) is 23.7 Å². The van der Waals surface area contributed by atoms with Crippen molar-refractivity contribution >= 4 is 35.2 Å². The molecular formula is C34H49N3O5S. The van der Waals surface area contributed by atoms with Gasteiger partial charge in [0.25, 0.3) is 0 Å². The molecule has 3 fully saturated rings. The quantitative estimate of drug-likeness (QED) is 0.305. The molecule has 3 aliphatic rings. The Morgan fingerprint density at radius 2 is 1.79 bits per heavy atom. The Morgan fingerprint density at radius 3 is 2.33 bits per heavy atom. The van der Waals surface area contributed by atoms with Crippen LogP contribution < -0.4 is 9.64 Å². The number of aliphatic hydroxyl groups is 1. The van der Waals surface area contributed by atoms with Crippen molar-refractivity contribution in [1.29, 1.82) is 0 Å². The van der Waals surface area contributed by atoms with Crippen LogP contribution in [-0.4, -0.2) is 87.1 Å². The summed E-state index contributed by atoms with van der Waals surface area (Å²) in [7, 11) is 0. The molecule has 3 heterocycles. The predicted molar refractivity (Wildman–Crippen MR) is 173 cm³/mol. The van der Waals surface area contributed by atoms with Crippen molar-refractivity contribution in [3.63, 3.8) is 0 Å². The minimum absolute atomic E-state index is 0.0360. The van der Waals surface area contributed by atoms with Crippen LogP contribution in [-0.2, 0) is 14.4 Å². The molecule has 2 bridgehead atoms. The van der Waals surface area contributed by atoms with Crippen molar-refractivity contribution in [3.8, 4) is 5.75 Å². The molecule has 8 nitrogen and oxygen atoms in total. The number of amides is 3. The van der Waals surface area contributed by atoms with Crippen LogP contribution in [0.15, 0.2) is 49.6 Å². The summed E-state index contributed by atoms with van der Waals surface area (Å²) < 4.78 is 4.84. The molecule has 3 amide bonds. The molecule has 1 spiro atoms. The molecule has 0 aliphatic carbocycles. The summed E-state index contributed by atoms with van der Waals surface area (Å²) in [5.41, 5.74) is 0.711. The Morgan fingerprint density at radius 1 is 1.14 bits per heavy atom. The molecule has 4 rings (SSSR count). The lowest BCUT2D eigenvalue weighted by Crippen LogP contribution is -2.60. The first-order valence-corrected chi connectivity index (χ1v) is 16.5. The maximum absolute atomic E-state index is 14.7. The van der Waals surface area contributed by atoms with E-state index < -0.39 is 28.7 Å². The molecule has 1 aromatic carbocycles. The zero-order chi connectivity index (χ0) is 31.6. The normalized spacial score (nSPS) is 28.3. The van der Waals surface area contributed by atoms with E-state index in [-0.39, 0.29) is 47.5 Å². The lowest BCUT2D eigenvalue weighted by atomic mass is 9.65. The number of hydrogen-bond donors (Lipinski definition) is 1. The maximum Gasteiger partial charge on any atom is 0.247 e. The second-order valence-corrected chi connectivity index (χ2v) is 14.3. The molecule has 0 aromatic heterocycles. The van der Waals surface area contributed by atoms with Gasteiger partial charge in [0.2, 0.25) is 17.7 Å². The van der Waals surface area contributed by atoms with E-state index >= 15 is 0 Å². The highest BCUT2D eigenvalue weighted by molar-refractivity contribution is 8.02. The topological polar surface area (TPSA) is 90.4 Å². The highest BCUT2D eigenvalue weighted by Gasteiger charge is 2.77. The van der Waals surface area contributed by atoms with Gasteiger partial charge in [0, 0.05) is 30.1 Å². The van der Waals surface area contributed by atoms with Crippen molar-refractivity contribution in [1.82, 2.24) is 9.80 Å². The molecule has 3 saturated heterocycles. The minimum Gasteiger partial charge on any atom is -0.494 e. The van der Waals surface area contributed by atoms with Gasteiger partial charge in [0.05, 0.1) is 35.8 Å². The summed E-state index contributed by atoms with van der Waals surface area (Å²) in [6, 6.07) is 6.02. The fourth-order valence-corrected chi connectivity index (χ4v) is 10.0. The molecule has 1 N–H and O–H groups in total. The second kappa shape index (κ2) is 13.5. The third-order valence-electron chi connectivity index (χ3n) is 9.32. The fraction of sp³-hybridized carbons (Fsp3) is 0.618. The van der Waals surface area contributed by atoms with Crippen molar-refractivity contribution in [3.05, 3.63) is 49.6 Å². The number of benzene rings is 1. The van der Waals surface area contributed by atoms with Crippen LogP contribution in [0.3, 0.4) is 0 Å². The van der Waals surface area contributed by atoms with E-state index in [1.165, 1.54) is 0 Å². The van der Waals surface area contributed by atoms with Crippen LogP contribution in [0.4, 0.5) is 5.69 Å². The minimum atomic E-state index is -0.774. The number of aliphatic hydroxyl groups excluding tert-OH is 1. The van der Waals surface area contributed by atoms with Gasteiger partial charge in [-0.2, -0.15) is 0 Å². The first-order chi connectivity index (χ1) is 20.5. The third kappa shape index (κ3) is 5.75. The van der Waals surface area contributed by atoms with Gasteiger partial charge in [-0.15, -0.1) is 24.9 Å². The van der Waals surface area contributed by atoms with E-state index in [9.17, 15) is 19.5 Å². The van der Waals surface area contributed by atoms with E-state index in [2.05, 4.69) is 33.9 Å². The van der Waals surface area contributed by atoms with Crippen LogP contribution in [0.2, 0.25) is 0 Å². The third-order valence-corrected chi connectivity index (χ3v) is 11.4. The number of fused-ring (bicyclic) bond motifs is 1. The molecule has 7 atom stereocenters. The van der Waals surface area contributed by atoms with Gasteiger partial charge < -0.3 is 24.5 Å². The SMILES string of the molecule is C=CCN(C(=O)[C@@H]1[C@@H]2CC(C)C3(S2)C(C(=O)N(CC=C)C(C)C)N([C@@H](CO)CC(C)C)C(=O)[C@H]13)c1ccc(OCC)cc1. The van der Waals surface area contributed by atoms with E-state index in [1.54, 1.807) is 38.6 Å². The lowest BCUT2D eigenvalue weighted by molar-refractivity contribution is -0.146. The Labute approximate surface area is 261 Å². The van der Waals surface area contributed by atoms with Gasteiger partial charge >= 0.3 is 0 Å². The first kappa shape index (κ1) is 33.1. The lowest BCUT2D eigenvalue weighted by Gasteiger charge is -2.43. The van der Waals surface area contributed by atoms with Crippen molar-refractivity contribution in [2.45, 2.75) is 82.5 Å². The average Bonchev–Trinajstić information content (AvgIpc) is 3.56. The monoisotopic (exact) mass is 611 g/mol. The number of ether oxygens (including phenoxy) is 1. The molecule has 3 aliphatic heterocycles. The summed E-state index contributed by atoms with van der Waals surface area (Å²) in [5.74, 6) is -0.743. The number of carbonyl (C=O) groups is 3. The Balaban J connectivity index is 1.81. The largest absolute Gasteiger partial charge is 0.494 e. The summed E-state index contributed by atoms with van der Waals surface area (Å²) in [5, 5.41) is 10.5. The zero-order valence-corrected chi connectivity index (χ0v) is 27.4. The van der Waals surface area contributed by atoms with E-state index in [0.29, 0.717) is 31.8 Å². The molecular weight excluding hydrogens is 562 g/mol. The smallest absolute Gasteiger partial charge is 0.247 e. The Hall–Kier alpha value is -2.78. The van der Waals surface area contributed by atoms with Gasteiger partial charge in [-0.25, -0.2) is 0 Å². The molecule has 1 aromatic rings. The average molecular weight is 612 g/mol. The number of carbonyl (C=O) groups excluding carboxylic acids is 3. The number of thioether (sulfide) groups is 1. The highest BCUT2D eigenvalue weighted by Crippen LogP contribution is 2.69. The Kier molecular flexibility index (Phi) is 10.4. The summed E-state index contributed by atoms with van der Waals surface area (Å²) in [6.07, 6.45) is 4.71. The molecule has 0 radical (unpaired) electrons. The molecule has 43 heavy (non-hydrogen) atoms. The van der Waals surface area contributed by atoms with Gasteiger partial charge in [-0.1, -0.05) is 32.9 Å². The number of anilines is 1. The number of nitrogens with zero attached hydrogens (tertiary/aromatic N) is 3.